The number of carbonyl (C=O) groups is 1. The van der Waals surface area contributed by atoms with Gasteiger partial charge in [0.15, 0.2) is 16.5 Å². The van der Waals surface area contributed by atoms with Crippen LogP contribution in [0.1, 0.15) is 10.5 Å². The van der Waals surface area contributed by atoms with E-state index >= 15 is 0 Å². The maximum atomic E-state index is 11.1. The van der Waals surface area contributed by atoms with Crippen molar-refractivity contribution < 1.29 is 9.90 Å². The highest BCUT2D eigenvalue weighted by atomic mass is 79.9. The van der Waals surface area contributed by atoms with Crippen molar-refractivity contribution in [1.29, 1.82) is 0 Å². The minimum atomic E-state index is -1.06. The SMILES string of the molecule is CSc1nc(-c2ccccc2)c(Br)c2nc(C(=O)O)cn12. The fourth-order valence-corrected chi connectivity index (χ4v) is 3.14. The number of benzene rings is 1. The van der Waals surface area contributed by atoms with Gasteiger partial charge in [-0.2, -0.15) is 0 Å². The number of aromatic carboxylic acids is 1. The van der Waals surface area contributed by atoms with E-state index in [9.17, 15) is 4.79 Å². The van der Waals surface area contributed by atoms with Crippen LogP contribution in [0.3, 0.4) is 0 Å². The van der Waals surface area contributed by atoms with E-state index in [1.165, 1.54) is 18.0 Å². The first kappa shape index (κ1) is 14.1. The quantitative estimate of drug-likeness (QED) is 0.568. The Balaban J connectivity index is 2.33. The third-order valence-corrected chi connectivity index (χ3v) is 4.36. The molecule has 0 spiro atoms. The third kappa shape index (κ3) is 2.43. The Bertz CT molecular complexity index is 833. The second kappa shape index (κ2) is 5.50. The lowest BCUT2D eigenvalue weighted by atomic mass is 10.1. The van der Waals surface area contributed by atoms with Crippen LogP contribution in [0, 0.1) is 0 Å². The molecule has 0 radical (unpaired) electrons. The highest BCUT2D eigenvalue weighted by molar-refractivity contribution is 9.10. The molecule has 2 heterocycles. The van der Waals surface area contributed by atoms with Crippen LogP contribution in [0.5, 0.6) is 0 Å². The molecule has 1 N–H and O–H groups in total. The van der Waals surface area contributed by atoms with Crippen LogP contribution in [0.4, 0.5) is 0 Å². The van der Waals surface area contributed by atoms with E-state index in [-0.39, 0.29) is 5.69 Å². The first-order valence-electron chi connectivity index (χ1n) is 6.03. The standard InChI is InChI=1S/C14H10BrN3O2S/c1-21-14-17-11(8-5-3-2-4-6-8)10(15)12-16-9(13(19)20)7-18(12)14/h2-7H,1H3,(H,19,20). The van der Waals surface area contributed by atoms with Gasteiger partial charge in [-0.1, -0.05) is 42.1 Å². The number of hydrogen-bond acceptors (Lipinski definition) is 4. The lowest BCUT2D eigenvalue weighted by molar-refractivity contribution is 0.0691. The molecule has 0 atom stereocenters. The molecule has 7 heteroatoms. The molecule has 0 saturated carbocycles. The zero-order chi connectivity index (χ0) is 15.0. The molecule has 21 heavy (non-hydrogen) atoms. The summed E-state index contributed by atoms with van der Waals surface area (Å²) in [5.74, 6) is -1.06. The Morgan fingerprint density at radius 1 is 1.29 bits per heavy atom. The van der Waals surface area contributed by atoms with Crippen LogP contribution in [-0.4, -0.2) is 31.7 Å². The summed E-state index contributed by atoms with van der Waals surface area (Å²) >= 11 is 4.94. The first-order chi connectivity index (χ1) is 10.1. The predicted molar refractivity (Wildman–Crippen MR) is 84.9 cm³/mol. The number of rotatable bonds is 3. The van der Waals surface area contributed by atoms with E-state index in [0.717, 1.165) is 11.3 Å². The maximum Gasteiger partial charge on any atom is 0.356 e. The molecule has 0 bridgehead atoms. The highest BCUT2D eigenvalue weighted by Gasteiger charge is 2.18. The average molecular weight is 364 g/mol. The summed E-state index contributed by atoms with van der Waals surface area (Å²) in [5.41, 5.74) is 2.24. The topological polar surface area (TPSA) is 67.5 Å². The molecule has 2 aromatic heterocycles. The molecular weight excluding hydrogens is 354 g/mol. The van der Waals surface area contributed by atoms with Crippen LogP contribution in [0.15, 0.2) is 46.2 Å². The van der Waals surface area contributed by atoms with E-state index in [1.807, 2.05) is 36.6 Å². The van der Waals surface area contributed by atoms with Gasteiger partial charge in [0.25, 0.3) is 0 Å². The number of aromatic nitrogens is 3. The number of carboxylic acids is 1. The zero-order valence-corrected chi connectivity index (χ0v) is 13.3. The Kier molecular flexibility index (Phi) is 3.69. The summed E-state index contributed by atoms with van der Waals surface area (Å²) < 4.78 is 2.36. The number of halogens is 1. The molecule has 3 rings (SSSR count). The molecule has 0 saturated heterocycles. The Hall–Kier alpha value is -1.86. The van der Waals surface area contributed by atoms with Gasteiger partial charge < -0.3 is 5.11 Å². The molecule has 0 amide bonds. The summed E-state index contributed by atoms with van der Waals surface area (Å²) in [6.45, 7) is 0. The van der Waals surface area contributed by atoms with Crippen LogP contribution in [0.25, 0.3) is 16.9 Å². The van der Waals surface area contributed by atoms with E-state index in [2.05, 4.69) is 25.9 Å². The normalized spacial score (nSPS) is 11.0. The van der Waals surface area contributed by atoms with Gasteiger partial charge >= 0.3 is 5.97 Å². The molecular formula is C14H10BrN3O2S. The Morgan fingerprint density at radius 3 is 2.62 bits per heavy atom. The summed E-state index contributed by atoms with van der Waals surface area (Å²) in [5, 5.41) is 9.80. The van der Waals surface area contributed by atoms with Crippen molar-refractivity contribution in [2.24, 2.45) is 0 Å². The van der Waals surface area contributed by atoms with E-state index in [1.54, 1.807) is 4.40 Å². The van der Waals surface area contributed by atoms with Gasteiger partial charge in [-0.3, -0.25) is 4.40 Å². The van der Waals surface area contributed by atoms with Gasteiger partial charge in [-0.15, -0.1) is 0 Å². The predicted octanol–water partition coefficient (Wildman–Crippen LogP) is 3.58. The zero-order valence-electron chi connectivity index (χ0n) is 10.9. The number of carboxylic acid groups (broad SMARTS) is 1. The Labute approximate surface area is 133 Å². The molecule has 0 aliphatic heterocycles. The van der Waals surface area contributed by atoms with E-state index in [0.29, 0.717) is 15.3 Å². The molecule has 3 aromatic rings. The van der Waals surface area contributed by atoms with E-state index in [4.69, 9.17) is 5.11 Å². The number of imidazole rings is 1. The van der Waals surface area contributed by atoms with Gasteiger partial charge in [-0.05, 0) is 22.2 Å². The lowest BCUT2D eigenvalue weighted by Gasteiger charge is -2.08. The average Bonchev–Trinajstić information content (AvgIpc) is 2.95. The van der Waals surface area contributed by atoms with Crippen molar-refractivity contribution in [3.05, 3.63) is 46.7 Å². The van der Waals surface area contributed by atoms with Crippen LogP contribution < -0.4 is 0 Å². The van der Waals surface area contributed by atoms with Crippen LogP contribution in [0.2, 0.25) is 0 Å². The lowest BCUT2D eigenvalue weighted by Crippen LogP contribution is -1.97. The molecule has 0 fully saturated rings. The van der Waals surface area contributed by atoms with E-state index < -0.39 is 5.97 Å². The summed E-state index contributed by atoms with van der Waals surface area (Å²) in [6.07, 6.45) is 3.38. The molecule has 106 valence electrons. The monoisotopic (exact) mass is 363 g/mol. The van der Waals surface area contributed by atoms with Crippen molar-refractivity contribution in [3.8, 4) is 11.3 Å². The van der Waals surface area contributed by atoms with Crippen molar-refractivity contribution in [1.82, 2.24) is 14.4 Å². The smallest absolute Gasteiger partial charge is 0.356 e. The largest absolute Gasteiger partial charge is 0.476 e. The second-order valence-corrected chi connectivity index (χ2v) is 5.82. The van der Waals surface area contributed by atoms with Crippen molar-refractivity contribution in [2.75, 3.05) is 6.26 Å². The number of thioether (sulfide) groups is 1. The van der Waals surface area contributed by atoms with Gasteiger partial charge in [0.1, 0.15) is 0 Å². The molecule has 0 aliphatic carbocycles. The second-order valence-electron chi connectivity index (χ2n) is 4.25. The number of nitrogens with zero attached hydrogens (tertiary/aromatic N) is 3. The summed E-state index contributed by atoms with van der Waals surface area (Å²) in [7, 11) is 0. The Morgan fingerprint density at radius 2 is 2.00 bits per heavy atom. The van der Waals surface area contributed by atoms with Gasteiger partial charge in [0, 0.05) is 11.8 Å². The highest BCUT2D eigenvalue weighted by Crippen LogP contribution is 2.32. The molecule has 0 aliphatic rings. The summed E-state index contributed by atoms with van der Waals surface area (Å²) in [4.78, 5) is 19.9. The molecule has 5 nitrogen and oxygen atoms in total. The number of hydrogen-bond donors (Lipinski definition) is 1. The van der Waals surface area contributed by atoms with Crippen molar-refractivity contribution >= 4 is 39.3 Å². The molecule has 1 aromatic carbocycles. The molecule has 0 unspecified atom stereocenters. The van der Waals surface area contributed by atoms with Crippen molar-refractivity contribution in [3.63, 3.8) is 0 Å². The van der Waals surface area contributed by atoms with Gasteiger partial charge in [0.05, 0.1) is 10.2 Å². The third-order valence-electron chi connectivity index (χ3n) is 2.97. The maximum absolute atomic E-state index is 11.1. The summed E-state index contributed by atoms with van der Waals surface area (Å²) in [6, 6.07) is 9.70. The van der Waals surface area contributed by atoms with Crippen LogP contribution in [-0.2, 0) is 0 Å². The fourth-order valence-electron chi connectivity index (χ4n) is 2.02. The first-order valence-corrected chi connectivity index (χ1v) is 8.05. The van der Waals surface area contributed by atoms with Gasteiger partial charge in [0.2, 0.25) is 0 Å². The minimum Gasteiger partial charge on any atom is -0.476 e. The minimum absolute atomic E-state index is 0.00184. The fraction of sp³-hybridized carbons (Fsp3) is 0.0714. The van der Waals surface area contributed by atoms with Crippen molar-refractivity contribution in [2.45, 2.75) is 5.16 Å². The van der Waals surface area contributed by atoms with Gasteiger partial charge in [-0.25, -0.2) is 14.8 Å². The van der Waals surface area contributed by atoms with Crippen LogP contribution >= 0.6 is 27.7 Å². The number of fused-ring (bicyclic) bond motifs is 1.